The van der Waals surface area contributed by atoms with Crippen molar-refractivity contribution in [2.45, 2.75) is 70.1 Å². The van der Waals surface area contributed by atoms with Crippen molar-refractivity contribution in [1.82, 2.24) is 19.8 Å². The summed E-state index contributed by atoms with van der Waals surface area (Å²) in [4.78, 5) is 37.2. The number of amides is 1. The lowest BCUT2D eigenvalue weighted by Crippen LogP contribution is -2.54. The van der Waals surface area contributed by atoms with Crippen molar-refractivity contribution in [2.75, 3.05) is 32.0 Å². The van der Waals surface area contributed by atoms with E-state index >= 15 is 0 Å². The second kappa shape index (κ2) is 11.1. The van der Waals surface area contributed by atoms with Crippen LogP contribution in [0.3, 0.4) is 0 Å². The molecule has 4 rings (SSSR count). The average molecular weight is 506 g/mol. The summed E-state index contributed by atoms with van der Waals surface area (Å²) in [6.45, 7) is 3.81. The van der Waals surface area contributed by atoms with E-state index in [2.05, 4.69) is 20.2 Å². The number of alkyl halides is 3. The molecule has 196 valence electrons. The van der Waals surface area contributed by atoms with E-state index in [1.807, 2.05) is 18.9 Å². The van der Waals surface area contributed by atoms with E-state index in [9.17, 15) is 22.8 Å². The number of hydrogen-bond donors (Lipinski definition) is 1. The molecule has 0 spiro atoms. The zero-order chi connectivity index (χ0) is 25.9. The smallest absolute Gasteiger partial charge is 0.362 e. The predicted molar refractivity (Wildman–Crippen MR) is 131 cm³/mol. The van der Waals surface area contributed by atoms with Gasteiger partial charge in [0, 0.05) is 50.4 Å². The van der Waals surface area contributed by atoms with Crippen molar-refractivity contribution in [3.8, 4) is 0 Å². The van der Waals surface area contributed by atoms with Crippen LogP contribution in [0, 0.1) is 5.92 Å². The summed E-state index contributed by atoms with van der Waals surface area (Å²) in [6, 6.07) is 4.15. The number of Topliss-reactive ketones (excluding diaryl/α,β-unsaturated/α-hetero) is 1. The van der Waals surface area contributed by atoms with Gasteiger partial charge in [-0.15, -0.1) is 0 Å². The minimum absolute atomic E-state index is 0.0122. The van der Waals surface area contributed by atoms with Gasteiger partial charge < -0.3 is 10.2 Å². The number of nitrogens with zero attached hydrogens (tertiary/aromatic N) is 4. The van der Waals surface area contributed by atoms with E-state index in [1.165, 1.54) is 12.4 Å². The van der Waals surface area contributed by atoms with Gasteiger partial charge in [0.1, 0.15) is 12.1 Å². The number of halogens is 3. The first-order chi connectivity index (χ1) is 17.2. The summed E-state index contributed by atoms with van der Waals surface area (Å²) in [5.41, 5.74) is -0.389. The molecule has 1 aromatic carbocycles. The first-order valence-electron chi connectivity index (χ1n) is 12.7. The number of carbonyl (C=O) groups is 2. The molecule has 2 heterocycles. The van der Waals surface area contributed by atoms with Gasteiger partial charge in [0.05, 0.1) is 17.6 Å². The Kier molecular flexibility index (Phi) is 8.12. The van der Waals surface area contributed by atoms with Gasteiger partial charge in [-0.1, -0.05) is 6.92 Å². The molecule has 1 N–H and O–H groups in total. The maximum absolute atomic E-state index is 13.1. The van der Waals surface area contributed by atoms with Gasteiger partial charge in [0.15, 0.2) is 5.78 Å². The van der Waals surface area contributed by atoms with Crippen LogP contribution in [0.4, 0.5) is 19.0 Å². The molecule has 1 amide bonds. The standard InChI is InChI=1S/C26H34F3N5O2/c1-3-4-24(36)33(2)19-6-8-20(9-7-19)34-14-17(15-34)11-21(35)13-30-25-22-12-18(26(27,28)29)5-10-23(22)31-16-32-25/h5,10,12,16-17,19-20H,3-4,6-9,11,13-15H2,1-2H3,(H,30,31,32). The Morgan fingerprint density at radius 3 is 2.53 bits per heavy atom. The van der Waals surface area contributed by atoms with E-state index in [0.29, 0.717) is 36.4 Å². The van der Waals surface area contributed by atoms with Crippen molar-refractivity contribution in [3.05, 3.63) is 30.1 Å². The van der Waals surface area contributed by atoms with Gasteiger partial charge in [-0.2, -0.15) is 13.2 Å². The van der Waals surface area contributed by atoms with Crippen LogP contribution in [-0.2, 0) is 15.8 Å². The lowest BCUT2D eigenvalue weighted by molar-refractivity contribution is -0.137. The lowest BCUT2D eigenvalue weighted by Gasteiger charge is -2.47. The maximum Gasteiger partial charge on any atom is 0.416 e. The Morgan fingerprint density at radius 2 is 1.86 bits per heavy atom. The number of aromatic nitrogens is 2. The van der Waals surface area contributed by atoms with Crippen LogP contribution in [0.1, 0.15) is 57.4 Å². The van der Waals surface area contributed by atoms with Crippen LogP contribution >= 0.6 is 0 Å². The number of hydrogen-bond acceptors (Lipinski definition) is 6. The molecule has 1 aliphatic heterocycles. The van der Waals surface area contributed by atoms with E-state index in [0.717, 1.165) is 57.3 Å². The van der Waals surface area contributed by atoms with Crippen LogP contribution < -0.4 is 5.32 Å². The first kappa shape index (κ1) is 26.3. The molecule has 0 radical (unpaired) electrons. The van der Waals surface area contributed by atoms with E-state index in [4.69, 9.17) is 0 Å². The fourth-order valence-corrected chi connectivity index (χ4v) is 5.39. The summed E-state index contributed by atoms with van der Waals surface area (Å²) in [5, 5.41) is 3.16. The number of carbonyl (C=O) groups excluding carboxylic acids is 2. The molecule has 36 heavy (non-hydrogen) atoms. The average Bonchev–Trinajstić information content (AvgIpc) is 2.83. The van der Waals surface area contributed by atoms with Gasteiger partial charge in [0.2, 0.25) is 5.91 Å². The fraction of sp³-hybridized carbons (Fsp3) is 0.615. The van der Waals surface area contributed by atoms with Crippen molar-refractivity contribution in [1.29, 1.82) is 0 Å². The normalized spacial score (nSPS) is 21.2. The van der Waals surface area contributed by atoms with Crippen molar-refractivity contribution in [3.63, 3.8) is 0 Å². The number of benzene rings is 1. The topological polar surface area (TPSA) is 78.4 Å². The van der Waals surface area contributed by atoms with Crippen molar-refractivity contribution in [2.24, 2.45) is 5.92 Å². The van der Waals surface area contributed by atoms with E-state index in [-0.39, 0.29) is 29.4 Å². The number of fused-ring (bicyclic) bond motifs is 1. The Labute approximate surface area is 209 Å². The quantitative estimate of drug-likeness (QED) is 0.540. The molecule has 2 aliphatic rings. The summed E-state index contributed by atoms with van der Waals surface area (Å²) >= 11 is 0. The van der Waals surface area contributed by atoms with Gasteiger partial charge in [-0.25, -0.2) is 9.97 Å². The number of rotatable bonds is 9. The van der Waals surface area contributed by atoms with Gasteiger partial charge in [-0.3, -0.25) is 14.5 Å². The van der Waals surface area contributed by atoms with Gasteiger partial charge in [0.25, 0.3) is 0 Å². The zero-order valence-corrected chi connectivity index (χ0v) is 20.9. The zero-order valence-electron chi connectivity index (χ0n) is 20.9. The molecule has 10 heteroatoms. The van der Waals surface area contributed by atoms with Crippen LogP contribution in [-0.4, -0.2) is 70.2 Å². The summed E-state index contributed by atoms with van der Waals surface area (Å²) in [5.74, 6) is 0.768. The highest BCUT2D eigenvalue weighted by atomic mass is 19.4. The number of nitrogens with one attached hydrogen (secondary N) is 1. The summed E-state index contributed by atoms with van der Waals surface area (Å²) < 4.78 is 39.3. The summed E-state index contributed by atoms with van der Waals surface area (Å²) in [6.07, 6.45) is 2.89. The van der Waals surface area contributed by atoms with E-state index in [1.54, 1.807) is 0 Å². The molecule has 7 nitrogen and oxygen atoms in total. The summed E-state index contributed by atoms with van der Waals surface area (Å²) in [7, 11) is 1.92. The molecule has 0 bridgehead atoms. The molecule has 1 saturated heterocycles. The Morgan fingerprint density at radius 1 is 1.14 bits per heavy atom. The fourth-order valence-electron chi connectivity index (χ4n) is 5.39. The molecule has 1 aliphatic carbocycles. The largest absolute Gasteiger partial charge is 0.416 e. The third-order valence-electron chi connectivity index (χ3n) is 7.51. The molecular formula is C26H34F3N5O2. The van der Waals surface area contributed by atoms with Crippen molar-refractivity contribution >= 4 is 28.4 Å². The SMILES string of the molecule is CCCC(=O)N(C)C1CCC(N2CC(CC(=O)CNc3ncnc4ccc(C(F)(F)F)cc34)C2)CC1. The highest BCUT2D eigenvalue weighted by Crippen LogP contribution is 2.33. The number of ketones is 1. The monoisotopic (exact) mass is 505 g/mol. The minimum atomic E-state index is -4.46. The first-order valence-corrected chi connectivity index (χ1v) is 12.7. The highest BCUT2D eigenvalue weighted by Gasteiger charge is 2.36. The Bertz CT molecular complexity index is 1080. The highest BCUT2D eigenvalue weighted by molar-refractivity contribution is 5.91. The Balaban J connectivity index is 1.21. The maximum atomic E-state index is 13.1. The molecule has 0 atom stereocenters. The minimum Gasteiger partial charge on any atom is -0.362 e. The molecule has 1 aromatic heterocycles. The Hall–Kier alpha value is -2.75. The van der Waals surface area contributed by atoms with Crippen molar-refractivity contribution < 1.29 is 22.8 Å². The third kappa shape index (κ3) is 6.14. The van der Waals surface area contributed by atoms with Gasteiger partial charge in [-0.05, 0) is 56.2 Å². The molecule has 1 saturated carbocycles. The molecule has 2 fully saturated rings. The lowest BCUT2D eigenvalue weighted by atomic mass is 9.84. The number of anilines is 1. The third-order valence-corrected chi connectivity index (χ3v) is 7.51. The molecule has 2 aromatic rings. The number of likely N-dealkylation sites (tertiary alicyclic amines) is 1. The molecular weight excluding hydrogens is 471 g/mol. The second-order valence-electron chi connectivity index (χ2n) is 10.1. The second-order valence-corrected chi connectivity index (χ2v) is 10.1. The van der Waals surface area contributed by atoms with Crippen LogP contribution in [0.15, 0.2) is 24.5 Å². The van der Waals surface area contributed by atoms with E-state index < -0.39 is 11.7 Å². The van der Waals surface area contributed by atoms with Crippen LogP contribution in [0.5, 0.6) is 0 Å². The van der Waals surface area contributed by atoms with Crippen LogP contribution in [0.25, 0.3) is 10.9 Å². The molecule has 0 unspecified atom stereocenters. The van der Waals surface area contributed by atoms with Gasteiger partial charge >= 0.3 is 6.18 Å². The predicted octanol–water partition coefficient (Wildman–Crippen LogP) is 4.52. The van der Waals surface area contributed by atoms with Crippen LogP contribution in [0.2, 0.25) is 0 Å².